The summed E-state index contributed by atoms with van der Waals surface area (Å²) < 4.78 is 0. The number of benzene rings is 1. The molecule has 0 saturated heterocycles. The van der Waals surface area contributed by atoms with E-state index in [0.717, 1.165) is 23.5 Å². The molecule has 2 aliphatic rings. The van der Waals surface area contributed by atoms with Crippen molar-refractivity contribution in [1.29, 1.82) is 0 Å². The van der Waals surface area contributed by atoms with E-state index in [-0.39, 0.29) is 0 Å². The van der Waals surface area contributed by atoms with Gasteiger partial charge in [0.05, 0.1) is 0 Å². The first-order valence-electron chi connectivity index (χ1n) is 6.74. The molecule has 1 N–H and O–H groups in total. The molecule has 2 unspecified atom stereocenters. The maximum atomic E-state index is 6.12. The molecule has 92 valence electrons. The molecule has 0 heterocycles. The van der Waals surface area contributed by atoms with Gasteiger partial charge in [0, 0.05) is 23.0 Å². The predicted octanol–water partition coefficient (Wildman–Crippen LogP) is 3.76. The van der Waals surface area contributed by atoms with Crippen LogP contribution in [0, 0.1) is 5.92 Å². The highest BCUT2D eigenvalue weighted by atomic mass is 35.5. The fourth-order valence-corrected chi connectivity index (χ4v) is 3.19. The minimum atomic E-state index is 0.377. The molecule has 17 heavy (non-hydrogen) atoms. The minimum absolute atomic E-state index is 0.377. The average molecular weight is 250 g/mol. The molecule has 1 nitrogen and oxygen atoms in total. The number of hydrogen-bond acceptors (Lipinski definition) is 1. The molecule has 2 fully saturated rings. The monoisotopic (exact) mass is 249 g/mol. The molecule has 0 amide bonds. The van der Waals surface area contributed by atoms with Crippen molar-refractivity contribution >= 4 is 11.6 Å². The van der Waals surface area contributed by atoms with Crippen LogP contribution in [0.1, 0.15) is 38.2 Å². The molecule has 2 heteroatoms. The largest absolute Gasteiger partial charge is 0.313 e. The first-order valence-corrected chi connectivity index (χ1v) is 7.12. The molecule has 0 bridgehead atoms. The van der Waals surface area contributed by atoms with Crippen LogP contribution in [0.25, 0.3) is 0 Å². The van der Waals surface area contributed by atoms with Crippen molar-refractivity contribution in [2.45, 2.75) is 44.1 Å². The number of hydrogen-bond donors (Lipinski definition) is 1. The summed E-state index contributed by atoms with van der Waals surface area (Å²) in [6, 6.07) is 9.25. The Balaban J connectivity index is 1.79. The van der Waals surface area contributed by atoms with Crippen molar-refractivity contribution in [3.63, 3.8) is 0 Å². The van der Waals surface area contributed by atoms with Crippen LogP contribution in [0.4, 0.5) is 0 Å². The zero-order chi connectivity index (χ0) is 11.9. The molecule has 0 spiro atoms. The lowest BCUT2D eigenvalue weighted by molar-refractivity contribution is 0.522. The molecule has 1 aromatic rings. The van der Waals surface area contributed by atoms with Crippen LogP contribution in [0.3, 0.4) is 0 Å². The Morgan fingerprint density at radius 1 is 1.41 bits per heavy atom. The van der Waals surface area contributed by atoms with E-state index in [1.54, 1.807) is 0 Å². The van der Waals surface area contributed by atoms with Crippen LogP contribution < -0.4 is 5.32 Å². The molecule has 3 rings (SSSR count). The standard InChI is InChI=1S/C15H20ClN/c1-2-11-9-15(11,10-17-14-6-7-14)12-4-3-5-13(16)8-12/h3-5,8,11,14,17H,2,6-7,9-10H2,1H3. The zero-order valence-corrected chi connectivity index (χ0v) is 11.1. The van der Waals surface area contributed by atoms with Gasteiger partial charge in [-0.2, -0.15) is 0 Å². The summed E-state index contributed by atoms with van der Waals surface area (Å²) in [5.41, 5.74) is 1.81. The quantitative estimate of drug-likeness (QED) is 0.838. The molecular formula is C15H20ClN. The third-order valence-corrected chi connectivity index (χ3v) is 4.64. The van der Waals surface area contributed by atoms with Crippen LogP contribution in [0.5, 0.6) is 0 Å². The molecule has 0 radical (unpaired) electrons. The van der Waals surface area contributed by atoms with Gasteiger partial charge in [-0.1, -0.05) is 37.1 Å². The van der Waals surface area contributed by atoms with Crippen LogP contribution in [-0.4, -0.2) is 12.6 Å². The van der Waals surface area contributed by atoms with Gasteiger partial charge in [0.1, 0.15) is 0 Å². The van der Waals surface area contributed by atoms with Crippen LogP contribution >= 0.6 is 11.6 Å². The van der Waals surface area contributed by atoms with Crippen molar-refractivity contribution in [3.8, 4) is 0 Å². The van der Waals surface area contributed by atoms with Gasteiger partial charge in [0.2, 0.25) is 0 Å². The van der Waals surface area contributed by atoms with Gasteiger partial charge in [-0.15, -0.1) is 0 Å². The molecular weight excluding hydrogens is 230 g/mol. The first-order chi connectivity index (χ1) is 8.24. The maximum Gasteiger partial charge on any atom is 0.0408 e. The zero-order valence-electron chi connectivity index (χ0n) is 10.4. The molecule has 1 aromatic carbocycles. The molecule has 0 aromatic heterocycles. The van der Waals surface area contributed by atoms with Gasteiger partial charge >= 0.3 is 0 Å². The summed E-state index contributed by atoms with van der Waals surface area (Å²) in [4.78, 5) is 0. The van der Waals surface area contributed by atoms with Crippen molar-refractivity contribution in [1.82, 2.24) is 5.32 Å². The van der Waals surface area contributed by atoms with E-state index in [4.69, 9.17) is 11.6 Å². The maximum absolute atomic E-state index is 6.12. The summed E-state index contributed by atoms with van der Waals surface area (Å²) in [6.07, 6.45) is 5.33. The second kappa shape index (κ2) is 4.29. The number of rotatable bonds is 5. The molecule has 2 aliphatic carbocycles. The fourth-order valence-electron chi connectivity index (χ4n) is 3.00. The van der Waals surface area contributed by atoms with E-state index in [1.165, 1.54) is 31.2 Å². The highest BCUT2D eigenvalue weighted by Crippen LogP contribution is 2.56. The first kappa shape index (κ1) is 11.6. The van der Waals surface area contributed by atoms with Crippen LogP contribution in [0.15, 0.2) is 24.3 Å². The summed E-state index contributed by atoms with van der Waals surface area (Å²) in [5.74, 6) is 0.840. The Morgan fingerprint density at radius 2 is 2.24 bits per heavy atom. The smallest absolute Gasteiger partial charge is 0.0408 e. The van der Waals surface area contributed by atoms with Gasteiger partial charge in [0.25, 0.3) is 0 Å². The molecule has 2 saturated carbocycles. The lowest BCUT2D eigenvalue weighted by Gasteiger charge is -2.19. The third-order valence-electron chi connectivity index (χ3n) is 4.41. The van der Waals surface area contributed by atoms with E-state index in [2.05, 4.69) is 30.4 Å². The lowest BCUT2D eigenvalue weighted by atomic mass is 9.92. The van der Waals surface area contributed by atoms with Crippen LogP contribution in [0.2, 0.25) is 5.02 Å². The second-order valence-corrected chi connectivity index (χ2v) is 6.07. The number of halogens is 1. The van der Waals surface area contributed by atoms with Gasteiger partial charge < -0.3 is 5.32 Å². The highest BCUT2D eigenvalue weighted by molar-refractivity contribution is 6.30. The van der Waals surface area contributed by atoms with E-state index in [1.807, 2.05) is 6.07 Å². The van der Waals surface area contributed by atoms with E-state index >= 15 is 0 Å². The van der Waals surface area contributed by atoms with Crippen LogP contribution in [-0.2, 0) is 5.41 Å². The Labute approximate surface area is 109 Å². The second-order valence-electron chi connectivity index (χ2n) is 5.63. The Kier molecular flexibility index (Phi) is 2.92. The van der Waals surface area contributed by atoms with Gasteiger partial charge in [-0.25, -0.2) is 0 Å². The normalized spacial score (nSPS) is 31.5. The fraction of sp³-hybridized carbons (Fsp3) is 0.600. The van der Waals surface area contributed by atoms with E-state index in [9.17, 15) is 0 Å². The van der Waals surface area contributed by atoms with Crippen molar-refractivity contribution < 1.29 is 0 Å². The Hall–Kier alpha value is -0.530. The van der Waals surface area contributed by atoms with E-state index in [0.29, 0.717) is 5.41 Å². The summed E-state index contributed by atoms with van der Waals surface area (Å²) >= 11 is 6.12. The van der Waals surface area contributed by atoms with Gasteiger partial charge in [-0.3, -0.25) is 0 Å². The number of nitrogens with one attached hydrogen (secondary N) is 1. The highest BCUT2D eigenvalue weighted by Gasteiger charge is 2.53. The summed E-state index contributed by atoms with van der Waals surface area (Å²) in [6.45, 7) is 3.44. The van der Waals surface area contributed by atoms with Crippen molar-refractivity contribution in [3.05, 3.63) is 34.9 Å². The average Bonchev–Trinajstić information content (AvgIpc) is 3.22. The molecule has 2 atom stereocenters. The minimum Gasteiger partial charge on any atom is -0.313 e. The Morgan fingerprint density at radius 3 is 2.82 bits per heavy atom. The van der Waals surface area contributed by atoms with Crippen molar-refractivity contribution in [2.75, 3.05) is 6.54 Å². The van der Waals surface area contributed by atoms with Crippen molar-refractivity contribution in [2.24, 2.45) is 5.92 Å². The SMILES string of the molecule is CCC1CC1(CNC1CC1)c1cccc(Cl)c1. The molecule has 0 aliphatic heterocycles. The predicted molar refractivity (Wildman–Crippen MR) is 72.6 cm³/mol. The van der Waals surface area contributed by atoms with Gasteiger partial charge in [0.15, 0.2) is 0 Å². The Bertz CT molecular complexity index is 413. The van der Waals surface area contributed by atoms with Gasteiger partial charge in [-0.05, 0) is 42.9 Å². The third kappa shape index (κ3) is 2.23. The van der Waals surface area contributed by atoms with E-state index < -0.39 is 0 Å². The summed E-state index contributed by atoms with van der Waals surface area (Å²) in [5, 5.41) is 4.57. The topological polar surface area (TPSA) is 12.0 Å². The summed E-state index contributed by atoms with van der Waals surface area (Å²) in [7, 11) is 0. The lowest BCUT2D eigenvalue weighted by Crippen LogP contribution is -2.30.